The van der Waals surface area contributed by atoms with Crippen molar-refractivity contribution < 1.29 is 0 Å². The summed E-state index contributed by atoms with van der Waals surface area (Å²) >= 11 is 0. The van der Waals surface area contributed by atoms with Gasteiger partial charge in [-0.05, 0) is 84.2 Å². The van der Waals surface area contributed by atoms with Crippen LogP contribution in [0.2, 0.25) is 0 Å². The fraction of sp³-hybridized carbons (Fsp3) is 0.250. The van der Waals surface area contributed by atoms with Crippen molar-refractivity contribution in [2.45, 2.75) is 51.9 Å². The van der Waals surface area contributed by atoms with Crippen LogP contribution < -0.4 is 5.32 Å². The van der Waals surface area contributed by atoms with Crippen molar-refractivity contribution in [1.29, 1.82) is 0 Å². The van der Waals surface area contributed by atoms with Gasteiger partial charge in [-0.25, -0.2) is 0 Å². The van der Waals surface area contributed by atoms with Crippen LogP contribution in [0.3, 0.4) is 0 Å². The molecule has 1 heterocycles. The molecular formula is C32H32N2. The number of hydrogen-bond donors (Lipinski definition) is 1. The Morgan fingerprint density at radius 2 is 1.47 bits per heavy atom. The van der Waals surface area contributed by atoms with Crippen LogP contribution in [0.15, 0.2) is 84.9 Å². The summed E-state index contributed by atoms with van der Waals surface area (Å²) in [6, 6.07) is 31.2. The van der Waals surface area contributed by atoms with Gasteiger partial charge in [0.1, 0.15) is 0 Å². The van der Waals surface area contributed by atoms with E-state index in [9.17, 15) is 0 Å². The zero-order valence-electron chi connectivity index (χ0n) is 20.4. The number of nitrogens with zero attached hydrogens (tertiary/aromatic N) is 1. The number of anilines is 2. The molecule has 0 fully saturated rings. The molecule has 0 spiro atoms. The highest BCUT2D eigenvalue weighted by atomic mass is 15.0. The Hall–Kier alpha value is -3.52. The van der Waals surface area contributed by atoms with Gasteiger partial charge in [0.25, 0.3) is 0 Å². The molecule has 1 aromatic heterocycles. The third-order valence-electron chi connectivity index (χ3n) is 7.30. The van der Waals surface area contributed by atoms with Gasteiger partial charge in [-0.2, -0.15) is 0 Å². The number of para-hydroxylation sites is 2. The number of hydrogen-bond acceptors (Lipinski definition) is 1. The molecule has 0 radical (unpaired) electrons. The third kappa shape index (κ3) is 3.49. The van der Waals surface area contributed by atoms with Crippen LogP contribution in [0.5, 0.6) is 0 Å². The van der Waals surface area contributed by atoms with Gasteiger partial charge in [0.2, 0.25) is 0 Å². The van der Waals surface area contributed by atoms with E-state index < -0.39 is 0 Å². The normalized spacial score (nSPS) is 13.9. The zero-order valence-corrected chi connectivity index (χ0v) is 20.4. The molecule has 4 aromatic carbocycles. The zero-order chi connectivity index (χ0) is 23.3. The molecule has 0 amide bonds. The monoisotopic (exact) mass is 444 g/mol. The van der Waals surface area contributed by atoms with Crippen molar-refractivity contribution in [2.24, 2.45) is 0 Å². The highest BCUT2D eigenvalue weighted by Crippen LogP contribution is 2.38. The number of aromatic nitrogens is 1. The lowest BCUT2D eigenvalue weighted by Crippen LogP contribution is -2.15. The first kappa shape index (κ1) is 21.0. The summed E-state index contributed by atoms with van der Waals surface area (Å²) in [6.07, 6.45) is 4.96. The fourth-order valence-corrected chi connectivity index (χ4v) is 5.67. The van der Waals surface area contributed by atoms with Crippen LogP contribution in [-0.4, -0.2) is 4.57 Å². The quantitative estimate of drug-likeness (QED) is 0.294. The summed E-state index contributed by atoms with van der Waals surface area (Å²) < 4.78 is 2.44. The van der Waals surface area contributed by atoms with Crippen LogP contribution in [0.25, 0.3) is 27.5 Å². The van der Waals surface area contributed by atoms with Crippen molar-refractivity contribution in [3.8, 4) is 5.69 Å². The summed E-state index contributed by atoms with van der Waals surface area (Å²) in [5.74, 6) is 0. The van der Waals surface area contributed by atoms with Gasteiger partial charge in [-0.15, -0.1) is 0 Å². The van der Waals surface area contributed by atoms with Gasteiger partial charge >= 0.3 is 0 Å². The minimum Gasteiger partial charge on any atom is -0.355 e. The minimum atomic E-state index is 0.0577. The summed E-state index contributed by atoms with van der Waals surface area (Å²) in [5.41, 5.74) is 10.6. The molecule has 0 saturated carbocycles. The molecule has 2 nitrogen and oxygen atoms in total. The van der Waals surface area contributed by atoms with E-state index in [0.29, 0.717) is 0 Å². The molecule has 0 aliphatic heterocycles. The van der Waals surface area contributed by atoms with Crippen molar-refractivity contribution in [3.63, 3.8) is 0 Å². The Balaban J connectivity index is 1.53. The molecule has 5 aromatic rings. The number of benzene rings is 4. The van der Waals surface area contributed by atoms with E-state index in [1.807, 2.05) is 0 Å². The largest absolute Gasteiger partial charge is 0.355 e. The van der Waals surface area contributed by atoms with Crippen LogP contribution >= 0.6 is 0 Å². The average molecular weight is 445 g/mol. The van der Waals surface area contributed by atoms with E-state index in [-0.39, 0.29) is 5.41 Å². The second-order valence-electron chi connectivity index (χ2n) is 10.6. The molecule has 2 heteroatoms. The molecule has 0 atom stereocenters. The summed E-state index contributed by atoms with van der Waals surface area (Å²) in [4.78, 5) is 0. The van der Waals surface area contributed by atoms with Crippen LogP contribution in [0.1, 0.15) is 50.3 Å². The van der Waals surface area contributed by atoms with Crippen LogP contribution in [0.4, 0.5) is 11.4 Å². The maximum absolute atomic E-state index is 3.76. The fourth-order valence-electron chi connectivity index (χ4n) is 5.67. The Bertz CT molecular complexity index is 1510. The second kappa shape index (κ2) is 8.06. The molecule has 0 bridgehead atoms. The molecular weight excluding hydrogens is 412 g/mol. The first-order valence-electron chi connectivity index (χ1n) is 12.5. The van der Waals surface area contributed by atoms with Gasteiger partial charge in [0.15, 0.2) is 0 Å². The van der Waals surface area contributed by atoms with E-state index >= 15 is 0 Å². The molecule has 1 aliphatic rings. The first-order chi connectivity index (χ1) is 16.5. The molecule has 1 N–H and O–H groups in total. The van der Waals surface area contributed by atoms with Gasteiger partial charge in [-0.3, -0.25) is 0 Å². The maximum Gasteiger partial charge on any atom is 0.0542 e. The van der Waals surface area contributed by atoms with Crippen molar-refractivity contribution >= 4 is 33.2 Å². The minimum absolute atomic E-state index is 0.0577. The van der Waals surface area contributed by atoms with Gasteiger partial charge < -0.3 is 9.88 Å². The predicted molar refractivity (Wildman–Crippen MR) is 146 cm³/mol. The SMILES string of the molecule is CC(C)(C)c1ccccc1-n1c2ccccc2c2cc(Nc3cccc4c3CCCC4)ccc21. The molecule has 0 unspecified atom stereocenters. The van der Waals surface area contributed by atoms with Crippen LogP contribution in [0, 0.1) is 0 Å². The lowest BCUT2D eigenvalue weighted by atomic mass is 9.85. The van der Waals surface area contributed by atoms with E-state index in [4.69, 9.17) is 0 Å². The Labute approximate surface area is 202 Å². The second-order valence-corrected chi connectivity index (χ2v) is 10.6. The predicted octanol–water partition coefficient (Wildman–Crippen LogP) is 8.70. The molecule has 0 saturated heterocycles. The summed E-state index contributed by atoms with van der Waals surface area (Å²) in [7, 11) is 0. The Morgan fingerprint density at radius 1 is 0.706 bits per heavy atom. The smallest absolute Gasteiger partial charge is 0.0542 e. The van der Waals surface area contributed by atoms with Crippen molar-refractivity contribution in [1.82, 2.24) is 4.57 Å². The highest BCUT2D eigenvalue weighted by molar-refractivity contribution is 6.10. The Kier molecular flexibility index (Phi) is 4.99. The van der Waals surface area contributed by atoms with E-state index in [2.05, 4.69) is 116 Å². The van der Waals surface area contributed by atoms with Gasteiger partial charge in [0, 0.05) is 27.8 Å². The Morgan fingerprint density at radius 3 is 2.35 bits per heavy atom. The number of rotatable bonds is 3. The topological polar surface area (TPSA) is 17.0 Å². The van der Waals surface area contributed by atoms with Gasteiger partial charge in [-0.1, -0.05) is 69.3 Å². The molecule has 170 valence electrons. The van der Waals surface area contributed by atoms with E-state index in [0.717, 1.165) is 5.69 Å². The van der Waals surface area contributed by atoms with E-state index in [1.165, 1.54) is 75.6 Å². The van der Waals surface area contributed by atoms with Crippen molar-refractivity contribution in [2.75, 3.05) is 5.32 Å². The average Bonchev–Trinajstić information content (AvgIpc) is 3.17. The lowest BCUT2D eigenvalue weighted by molar-refractivity contribution is 0.587. The summed E-state index contributed by atoms with van der Waals surface area (Å²) in [6.45, 7) is 6.88. The standard InChI is InChI=1S/C32H32N2/c1-32(2,3)27-15-7-9-18-31(27)34-29-17-8-6-14-25(29)26-21-23(19-20-30(26)34)33-28-16-10-12-22-11-4-5-13-24(22)28/h6-10,12,14-21,33H,4-5,11,13H2,1-3H3. The lowest BCUT2D eigenvalue weighted by Gasteiger charge is -2.24. The number of fused-ring (bicyclic) bond motifs is 4. The number of aryl methyl sites for hydroxylation is 1. The maximum atomic E-state index is 3.76. The molecule has 1 aliphatic carbocycles. The molecule has 6 rings (SSSR count). The van der Waals surface area contributed by atoms with Gasteiger partial charge in [0.05, 0.1) is 11.0 Å². The third-order valence-corrected chi connectivity index (χ3v) is 7.30. The van der Waals surface area contributed by atoms with Crippen molar-refractivity contribution in [3.05, 3.63) is 102 Å². The van der Waals surface area contributed by atoms with E-state index in [1.54, 1.807) is 0 Å². The van der Waals surface area contributed by atoms with Crippen LogP contribution in [-0.2, 0) is 18.3 Å². The summed E-state index contributed by atoms with van der Waals surface area (Å²) in [5, 5.41) is 6.34. The first-order valence-corrected chi connectivity index (χ1v) is 12.5. The highest BCUT2D eigenvalue weighted by Gasteiger charge is 2.21. The molecule has 34 heavy (non-hydrogen) atoms. The number of nitrogens with one attached hydrogen (secondary N) is 1.